The highest BCUT2D eigenvalue weighted by atomic mass is 127. The lowest BCUT2D eigenvalue weighted by Gasteiger charge is -2.25. The zero-order valence-corrected chi connectivity index (χ0v) is 12.9. The molecule has 1 fully saturated rings. The number of hydrogen-bond donors (Lipinski definition) is 0. The van der Waals surface area contributed by atoms with E-state index in [1.807, 2.05) is 0 Å². The van der Waals surface area contributed by atoms with E-state index in [1.165, 1.54) is 25.7 Å². The maximum absolute atomic E-state index is 5.87. The van der Waals surface area contributed by atoms with Gasteiger partial charge in [-0.1, -0.05) is 22.6 Å². The normalized spacial score (nSPS) is 24.6. The minimum absolute atomic E-state index is 0.332. The fraction of sp³-hybridized carbons (Fsp3) is 0.538. The number of fused-ring (bicyclic) bond motifs is 1. The molecule has 3 rings (SSSR count). The van der Waals surface area contributed by atoms with Gasteiger partial charge in [0, 0.05) is 28.2 Å². The van der Waals surface area contributed by atoms with E-state index >= 15 is 0 Å². The van der Waals surface area contributed by atoms with Gasteiger partial charge in [0.1, 0.15) is 5.65 Å². The lowest BCUT2D eigenvalue weighted by Crippen LogP contribution is -2.18. The van der Waals surface area contributed by atoms with Crippen molar-refractivity contribution < 1.29 is 0 Å². The van der Waals surface area contributed by atoms with E-state index in [4.69, 9.17) is 11.6 Å². The van der Waals surface area contributed by atoms with Gasteiger partial charge >= 0.3 is 0 Å². The molecule has 0 aromatic carbocycles. The van der Waals surface area contributed by atoms with Crippen molar-refractivity contribution in [3.63, 3.8) is 0 Å². The SMILES string of the molecule is Clc1ncc2ccn(CC3CCC(I)CC3)c2n1. The van der Waals surface area contributed by atoms with Gasteiger partial charge in [0.05, 0.1) is 0 Å². The van der Waals surface area contributed by atoms with Gasteiger partial charge in [-0.15, -0.1) is 0 Å². The summed E-state index contributed by atoms with van der Waals surface area (Å²) in [7, 11) is 0. The summed E-state index contributed by atoms with van der Waals surface area (Å²) in [5, 5.41) is 1.40. The summed E-state index contributed by atoms with van der Waals surface area (Å²) in [5.41, 5.74) is 0.964. The first-order valence-electron chi connectivity index (χ1n) is 6.34. The Balaban J connectivity index is 1.80. The van der Waals surface area contributed by atoms with Crippen molar-refractivity contribution in [1.29, 1.82) is 0 Å². The summed E-state index contributed by atoms with van der Waals surface area (Å²) in [6.45, 7) is 1.06. The summed E-state index contributed by atoms with van der Waals surface area (Å²) >= 11 is 8.44. The highest BCUT2D eigenvalue weighted by Gasteiger charge is 2.20. The molecule has 0 unspecified atom stereocenters. The molecule has 0 N–H and O–H groups in total. The maximum Gasteiger partial charge on any atom is 0.224 e. The Morgan fingerprint density at radius 1 is 1.33 bits per heavy atom. The fourth-order valence-electron chi connectivity index (χ4n) is 2.68. The van der Waals surface area contributed by atoms with E-state index in [2.05, 4.69) is 49.4 Å². The van der Waals surface area contributed by atoms with Crippen LogP contribution in [0.1, 0.15) is 25.7 Å². The minimum Gasteiger partial charge on any atom is -0.332 e. The predicted octanol–water partition coefficient (Wildman–Crippen LogP) is 4.08. The Morgan fingerprint density at radius 3 is 2.89 bits per heavy atom. The molecule has 18 heavy (non-hydrogen) atoms. The van der Waals surface area contributed by atoms with Crippen molar-refractivity contribution in [3.8, 4) is 0 Å². The van der Waals surface area contributed by atoms with Gasteiger partial charge in [0.25, 0.3) is 0 Å². The molecular formula is C13H15ClIN3. The number of aromatic nitrogens is 3. The van der Waals surface area contributed by atoms with E-state index in [0.29, 0.717) is 5.28 Å². The lowest BCUT2D eigenvalue weighted by molar-refractivity contribution is 0.332. The average Bonchev–Trinajstić information content (AvgIpc) is 2.75. The number of hydrogen-bond acceptors (Lipinski definition) is 2. The highest BCUT2D eigenvalue weighted by molar-refractivity contribution is 14.1. The van der Waals surface area contributed by atoms with Crippen molar-refractivity contribution in [2.75, 3.05) is 0 Å². The van der Waals surface area contributed by atoms with Gasteiger partial charge < -0.3 is 4.57 Å². The third-order valence-corrected chi connectivity index (χ3v) is 5.13. The molecular weight excluding hydrogens is 361 g/mol. The second-order valence-electron chi connectivity index (χ2n) is 5.00. The molecule has 0 aliphatic heterocycles. The van der Waals surface area contributed by atoms with E-state index < -0.39 is 0 Å². The summed E-state index contributed by atoms with van der Waals surface area (Å²) in [6, 6.07) is 2.07. The van der Waals surface area contributed by atoms with Crippen LogP contribution >= 0.6 is 34.2 Å². The molecule has 0 atom stereocenters. The summed E-state index contributed by atoms with van der Waals surface area (Å²) in [5.74, 6) is 0.778. The standard InChI is InChI=1S/C13H15ClIN3/c14-13-16-7-10-5-6-18(12(10)17-13)8-9-1-3-11(15)4-2-9/h5-7,9,11H,1-4,8H2. The van der Waals surface area contributed by atoms with Crippen LogP contribution in [0.15, 0.2) is 18.5 Å². The van der Waals surface area contributed by atoms with Crippen molar-refractivity contribution in [3.05, 3.63) is 23.7 Å². The number of alkyl halides is 1. The molecule has 2 aromatic heterocycles. The lowest BCUT2D eigenvalue weighted by atomic mass is 9.89. The Kier molecular flexibility index (Phi) is 3.75. The van der Waals surface area contributed by atoms with Crippen LogP contribution in [0, 0.1) is 5.92 Å². The fourth-order valence-corrected chi connectivity index (χ4v) is 3.53. The summed E-state index contributed by atoms with van der Waals surface area (Å²) in [4.78, 5) is 8.35. The molecule has 0 radical (unpaired) electrons. The van der Waals surface area contributed by atoms with Gasteiger partial charge in [-0.3, -0.25) is 0 Å². The minimum atomic E-state index is 0.332. The third-order valence-electron chi connectivity index (χ3n) is 3.70. The topological polar surface area (TPSA) is 30.7 Å². The first-order valence-corrected chi connectivity index (χ1v) is 7.96. The van der Waals surface area contributed by atoms with Crippen LogP contribution < -0.4 is 0 Å². The second-order valence-corrected chi connectivity index (χ2v) is 7.10. The molecule has 0 bridgehead atoms. The predicted molar refractivity (Wildman–Crippen MR) is 82.3 cm³/mol. The summed E-state index contributed by atoms with van der Waals surface area (Å²) in [6.07, 6.45) is 9.24. The molecule has 0 saturated heterocycles. The van der Waals surface area contributed by atoms with Crippen molar-refractivity contribution >= 4 is 45.2 Å². The molecule has 2 heterocycles. The van der Waals surface area contributed by atoms with Crippen molar-refractivity contribution in [1.82, 2.24) is 14.5 Å². The van der Waals surface area contributed by atoms with E-state index in [1.54, 1.807) is 6.20 Å². The number of halogens is 2. The van der Waals surface area contributed by atoms with Crippen LogP contribution in [0.2, 0.25) is 5.28 Å². The Morgan fingerprint density at radius 2 is 2.11 bits per heavy atom. The van der Waals surface area contributed by atoms with Crippen molar-refractivity contribution in [2.45, 2.75) is 36.2 Å². The average molecular weight is 376 g/mol. The van der Waals surface area contributed by atoms with Gasteiger partial charge in [-0.05, 0) is 49.3 Å². The van der Waals surface area contributed by atoms with E-state index in [9.17, 15) is 0 Å². The van der Waals surface area contributed by atoms with Gasteiger partial charge in [0.2, 0.25) is 5.28 Å². The largest absolute Gasteiger partial charge is 0.332 e. The van der Waals surface area contributed by atoms with Crippen LogP contribution in [0.4, 0.5) is 0 Å². The molecule has 1 aliphatic carbocycles. The Bertz CT molecular complexity index is 546. The zero-order valence-electron chi connectivity index (χ0n) is 10.0. The quantitative estimate of drug-likeness (QED) is 0.450. The molecule has 1 saturated carbocycles. The van der Waals surface area contributed by atoms with Crippen molar-refractivity contribution in [2.24, 2.45) is 5.92 Å². The Hall–Kier alpha value is -0.360. The van der Waals surface area contributed by atoms with Gasteiger partial charge in [-0.25, -0.2) is 4.98 Å². The first kappa shape index (κ1) is 12.7. The zero-order chi connectivity index (χ0) is 12.5. The monoisotopic (exact) mass is 375 g/mol. The number of rotatable bonds is 2. The van der Waals surface area contributed by atoms with Crippen LogP contribution in [-0.4, -0.2) is 18.5 Å². The Labute approximate surface area is 125 Å². The third kappa shape index (κ3) is 2.64. The van der Waals surface area contributed by atoms with E-state index in [0.717, 1.165) is 27.4 Å². The maximum atomic E-state index is 5.87. The highest BCUT2D eigenvalue weighted by Crippen LogP contribution is 2.30. The number of nitrogens with zero attached hydrogens (tertiary/aromatic N) is 3. The molecule has 0 spiro atoms. The molecule has 1 aliphatic rings. The van der Waals surface area contributed by atoms with Crippen LogP contribution in [0.5, 0.6) is 0 Å². The molecule has 2 aromatic rings. The van der Waals surface area contributed by atoms with Crippen LogP contribution in [0.25, 0.3) is 11.0 Å². The van der Waals surface area contributed by atoms with E-state index in [-0.39, 0.29) is 0 Å². The second kappa shape index (κ2) is 5.33. The molecule has 96 valence electrons. The molecule has 0 amide bonds. The van der Waals surface area contributed by atoms with Crippen LogP contribution in [-0.2, 0) is 6.54 Å². The molecule has 3 nitrogen and oxygen atoms in total. The van der Waals surface area contributed by atoms with Gasteiger partial charge in [-0.2, -0.15) is 4.98 Å². The van der Waals surface area contributed by atoms with Crippen LogP contribution in [0.3, 0.4) is 0 Å². The smallest absolute Gasteiger partial charge is 0.224 e. The molecule has 5 heteroatoms. The summed E-state index contributed by atoms with van der Waals surface area (Å²) < 4.78 is 3.10. The first-order chi connectivity index (χ1) is 8.72. The van der Waals surface area contributed by atoms with Gasteiger partial charge in [0.15, 0.2) is 0 Å².